The van der Waals surface area contributed by atoms with Crippen LogP contribution in [0.3, 0.4) is 0 Å². The van der Waals surface area contributed by atoms with Crippen molar-refractivity contribution in [3.8, 4) is 5.75 Å². The fourth-order valence-electron chi connectivity index (χ4n) is 3.24. The van der Waals surface area contributed by atoms with Crippen LogP contribution < -0.4 is 4.74 Å². The maximum Gasteiger partial charge on any atom is 0.246 e. The second-order valence-electron chi connectivity index (χ2n) is 6.37. The summed E-state index contributed by atoms with van der Waals surface area (Å²) in [6.45, 7) is -0.275. The first-order valence-electron chi connectivity index (χ1n) is 8.46. The summed E-state index contributed by atoms with van der Waals surface area (Å²) >= 11 is 6.16. The van der Waals surface area contributed by atoms with Gasteiger partial charge in [-0.1, -0.05) is 29.8 Å². The summed E-state index contributed by atoms with van der Waals surface area (Å²) in [5.74, 6) is -1.09. The molecule has 1 saturated heterocycles. The molecule has 0 N–H and O–H groups in total. The van der Waals surface area contributed by atoms with E-state index in [-0.39, 0.29) is 35.9 Å². The van der Waals surface area contributed by atoms with Crippen LogP contribution in [0.1, 0.15) is 17.2 Å². The first-order chi connectivity index (χ1) is 13.2. The molecule has 10 heteroatoms. The maximum atomic E-state index is 13.7. The van der Waals surface area contributed by atoms with Gasteiger partial charge in [0, 0.05) is 18.1 Å². The molecular weight excluding hydrogens is 429 g/mol. The van der Waals surface area contributed by atoms with Gasteiger partial charge < -0.3 is 4.74 Å². The highest BCUT2D eigenvalue weighted by molar-refractivity contribution is 7.92. The number of halogens is 2. The zero-order valence-corrected chi connectivity index (χ0v) is 17.4. The van der Waals surface area contributed by atoms with Crippen molar-refractivity contribution in [2.45, 2.75) is 16.6 Å². The van der Waals surface area contributed by atoms with E-state index in [1.54, 1.807) is 24.3 Å². The lowest BCUT2D eigenvalue weighted by atomic mass is 10.1. The molecule has 3 rings (SSSR count). The first-order valence-corrected chi connectivity index (χ1v) is 12.0. The molecule has 0 radical (unpaired) electrons. The summed E-state index contributed by atoms with van der Waals surface area (Å²) in [6, 6.07) is 9.81. The van der Waals surface area contributed by atoms with Crippen LogP contribution in [0.15, 0.2) is 47.4 Å². The van der Waals surface area contributed by atoms with Gasteiger partial charge in [0.1, 0.15) is 16.5 Å². The quantitative estimate of drug-likeness (QED) is 0.719. The molecule has 1 aliphatic heterocycles. The molecule has 28 heavy (non-hydrogen) atoms. The lowest BCUT2D eigenvalue weighted by Crippen LogP contribution is -2.34. The first kappa shape index (κ1) is 21.0. The SMILES string of the molecule is COc1ccc(F)cc1S(=O)(=O)N1CCC(c2ccccc2Cl)S(=O)(=O)CC1. The Labute approximate surface area is 168 Å². The van der Waals surface area contributed by atoms with Crippen LogP contribution >= 0.6 is 11.6 Å². The van der Waals surface area contributed by atoms with Gasteiger partial charge in [0.25, 0.3) is 0 Å². The minimum absolute atomic E-state index is 0.00356. The monoisotopic (exact) mass is 447 g/mol. The van der Waals surface area contributed by atoms with Gasteiger partial charge in [-0.15, -0.1) is 0 Å². The Morgan fingerprint density at radius 2 is 1.89 bits per heavy atom. The Morgan fingerprint density at radius 1 is 1.18 bits per heavy atom. The van der Waals surface area contributed by atoms with Crippen LogP contribution in [0.4, 0.5) is 4.39 Å². The highest BCUT2D eigenvalue weighted by atomic mass is 35.5. The number of nitrogens with zero attached hydrogens (tertiary/aromatic N) is 1. The summed E-state index contributed by atoms with van der Waals surface area (Å²) in [4.78, 5) is -0.330. The molecule has 152 valence electrons. The molecule has 2 aromatic carbocycles. The Kier molecular flexibility index (Phi) is 6.00. The number of ether oxygens (including phenoxy) is 1. The van der Waals surface area contributed by atoms with E-state index in [0.29, 0.717) is 10.6 Å². The molecule has 1 atom stereocenters. The number of sulfonamides is 1. The van der Waals surface area contributed by atoms with Crippen molar-refractivity contribution < 1.29 is 26.0 Å². The number of sulfone groups is 1. The summed E-state index contributed by atoms with van der Waals surface area (Å²) in [6.07, 6.45) is 0.0446. The van der Waals surface area contributed by atoms with Crippen molar-refractivity contribution in [2.75, 3.05) is 26.0 Å². The van der Waals surface area contributed by atoms with Crippen molar-refractivity contribution in [2.24, 2.45) is 0 Å². The van der Waals surface area contributed by atoms with E-state index < -0.39 is 30.9 Å². The topological polar surface area (TPSA) is 80.8 Å². The van der Waals surface area contributed by atoms with Crippen LogP contribution in [0, 0.1) is 5.82 Å². The van der Waals surface area contributed by atoms with Crippen molar-refractivity contribution in [1.82, 2.24) is 4.31 Å². The summed E-state index contributed by atoms with van der Waals surface area (Å²) in [5, 5.41) is -0.588. The molecule has 0 bridgehead atoms. The normalized spacial score (nSPS) is 20.5. The minimum Gasteiger partial charge on any atom is -0.495 e. The van der Waals surface area contributed by atoms with Crippen molar-refractivity contribution in [3.05, 3.63) is 58.9 Å². The van der Waals surface area contributed by atoms with E-state index in [0.717, 1.165) is 16.4 Å². The summed E-state index contributed by atoms with van der Waals surface area (Å²) in [7, 11) is -6.49. The number of hydrogen-bond donors (Lipinski definition) is 0. The van der Waals surface area contributed by atoms with Crippen LogP contribution in [-0.2, 0) is 19.9 Å². The molecule has 0 saturated carbocycles. The third-order valence-electron chi connectivity index (χ3n) is 4.69. The molecule has 1 fully saturated rings. The molecular formula is C18H19ClFNO5S2. The van der Waals surface area contributed by atoms with E-state index in [1.807, 2.05) is 0 Å². The molecule has 0 aliphatic carbocycles. The minimum atomic E-state index is -4.15. The highest BCUT2D eigenvalue weighted by Crippen LogP contribution is 2.36. The fraction of sp³-hybridized carbons (Fsp3) is 0.333. The van der Waals surface area contributed by atoms with Gasteiger partial charge in [0.05, 0.1) is 18.1 Å². The standard InChI is InChI=1S/C18H19ClFNO5S2/c1-26-16-7-6-13(20)12-18(16)28(24,25)21-9-8-17(27(22,23)11-10-21)14-4-2-3-5-15(14)19/h2-7,12,17H,8-11H2,1H3. The van der Waals surface area contributed by atoms with E-state index in [2.05, 4.69) is 0 Å². The second-order valence-corrected chi connectivity index (χ2v) is 11.0. The average Bonchev–Trinajstić information content (AvgIpc) is 2.80. The fourth-order valence-corrected chi connectivity index (χ4v) is 7.13. The van der Waals surface area contributed by atoms with Crippen LogP contribution in [0.25, 0.3) is 0 Å². The van der Waals surface area contributed by atoms with Gasteiger partial charge >= 0.3 is 0 Å². The van der Waals surface area contributed by atoms with Crippen LogP contribution in [-0.4, -0.2) is 47.1 Å². The van der Waals surface area contributed by atoms with Gasteiger partial charge in [0.15, 0.2) is 9.84 Å². The maximum absolute atomic E-state index is 13.7. The lowest BCUT2D eigenvalue weighted by Gasteiger charge is -2.21. The van der Waals surface area contributed by atoms with Gasteiger partial charge in [-0.25, -0.2) is 21.2 Å². The van der Waals surface area contributed by atoms with Gasteiger partial charge in [-0.05, 0) is 36.2 Å². The Hall–Kier alpha value is -1.68. The van der Waals surface area contributed by atoms with Gasteiger partial charge in [0.2, 0.25) is 10.0 Å². The average molecular weight is 448 g/mol. The predicted molar refractivity (Wildman–Crippen MR) is 104 cm³/mol. The molecule has 1 aliphatic rings. The second kappa shape index (κ2) is 7.98. The molecule has 2 aromatic rings. The zero-order valence-electron chi connectivity index (χ0n) is 15.0. The smallest absolute Gasteiger partial charge is 0.246 e. The van der Waals surface area contributed by atoms with Crippen molar-refractivity contribution in [3.63, 3.8) is 0 Å². The Bertz CT molecular complexity index is 1090. The van der Waals surface area contributed by atoms with Crippen molar-refractivity contribution in [1.29, 1.82) is 0 Å². The predicted octanol–water partition coefficient (Wildman–Crippen LogP) is 3.04. The zero-order chi connectivity index (χ0) is 20.5. The molecule has 1 unspecified atom stereocenters. The van der Waals surface area contributed by atoms with Gasteiger partial charge in [-0.3, -0.25) is 0 Å². The molecule has 1 heterocycles. The van der Waals surface area contributed by atoms with Crippen LogP contribution in [0.5, 0.6) is 5.75 Å². The molecule has 0 aromatic heterocycles. The third-order valence-corrected chi connectivity index (χ3v) is 9.07. The van der Waals surface area contributed by atoms with Gasteiger partial charge in [-0.2, -0.15) is 4.31 Å². The lowest BCUT2D eigenvalue weighted by molar-refractivity contribution is 0.391. The number of benzene rings is 2. The highest BCUT2D eigenvalue weighted by Gasteiger charge is 2.37. The Morgan fingerprint density at radius 3 is 2.57 bits per heavy atom. The van der Waals surface area contributed by atoms with Crippen molar-refractivity contribution >= 4 is 31.5 Å². The summed E-state index contributed by atoms with van der Waals surface area (Å²) in [5.41, 5.74) is 0.451. The van der Waals surface area contributed by atoms with E-state index >= 15 is 0 Å². The largest absolute Gasteiger partial charge is 0.495 e. The number of methoxy groups -OCH3 is 1. The number of hydrogen-bond acceptors (Lipinski definition) is 5. The van der Waals surface area contributed by atoms with E-state index in [9.17, 15) is 21.2 Å². The molecule has 0 amide bonds. The number of rotatable bonds is 4. The molecule has 6 nitrogen and oxygen atoms in total. The van der Waals surface area contributed by atoms with E-state index in [4.69, 9.17) is 16.3 Å². The summed E-state index contributed by atoms with van der Waals surface area (Å²) < 4.78 is 71.4. The molecule has 0 spiro atoms. The van der Waals surface area contributed by atoms with E-state index in [1.165, 1.54) is 13.2 Å². The Balaban J connectivity index is 1.97. The van der Waals surface area contributed by atoms with Crippen LogP contribution in [0.2, 0.25) is 5.02 Å². The third kappa shape index (κ3) is 4.03.